The Bertz CT molecular complexity index is 466. The Morgan fingerprint density at radius 2 is 1.76 bits per heavy atom. The van der Waals surface area contributed by atoms with Crippen LogP contribution in [0.15, 0.2) is 36.4 Å². The van der Waals surface area contributed by atoms with Crippen LogP contribution < -0.4 is 4.74 Å². The summed E-state index contributed by atoms with van der Waals surface area (Å²) in [6.07, 6.45) is 2.50. The van der Waals surface area contributed by atoms with Gasteiger partial charge in [0.15, 0.2) is 0 Å². The number of para-hydroxylation sites is 1. The van der Waals surface area contributed by atoms with Crippen LogP contribution >= 0.6 is 11.6 Å². The van der Waals surface area contributed by atoms with Crippen molar-refractivity contribution in [2.45, 2.75) is 0 Å². The standard InChI is InChI=1S/C12H10ClNO3/c13-9-3-1-2-4-10(9)17-8-7-14-11(15)5-6-12(14)16/h1-6H,7-8H2. The van der Waals surface area contributed by atoms with E-state index in [-0.39, 0.29) is 25.0 Å². The first kappa shape index (κ1) is 11.7. The third kappa shape index (κ3) is 2.65. The predicted molar refractivity (Wildman–Crippen MR) is 62.8 cm³/mol. The van der Waals surface area contributed by atoms with Gasteiger partial charge in [0, 0.05) is 12.2 Å². The van der Waals surface area contributed by atoms with Gasteiger partial charge in [-0.3, -0.25) is 14.5 Å². The molecule has 1 aromatic rings. The number of amides is 2. The average molecular weight is 252 g/mol. The van der Waals surface area contributed by atoms with Gasteiger partial charge in [0.2, 0.25) is 0 Å². The van der Waals surface area contributed by atoms with Crippen LogP contribution in [0.25, 0.3) is 0 Å². The molecule has 4 nitrogen and oxygen atoms in total. The van der Waals surface area contributed by atoms with Crippen molar-refractivity contribution in [1.82, 2.24) is 4.90 Å². The van der Waals surface area contributed by atoms with Crippen LogP contribution in [0.1, 0.15) is 0 Å². The fourth-order valence-electron chi connectivity index (χ4n) is 1.46. The van der Waals surface area contributed by atoms with Gasteiger partial charge in [0.1, 0.15) is 12.4 Å². The largest absolute Gasteiger partial charge is 0.490 e. The number of halogens is 1. The molecule has 0 radical (unpaired) electrons. The average Bonchev–Trinajstić information content (AvgIpc) is 2.63. The molecule has 1 aromatic carbocycles. The highest BCUT2D eigenvalue weighted by molar-refractivity contribution is 6.32. The van der Waals surface area contributed by atoms with E-state index in [2.05, 4.69) is 0 Å². The number of carbonyl (C=O) groups is 2. The van der Waals surface area contributed by atoms with E-state index in [4.69, 9.17) is 16.3 Å². The number of hydrogen-bond acceptors (Lipinski definition) is 3. The number of rotatable bonds is 4. The number of carbonyl (C=O) groups excluding carboxylic acids is 2. The van der Waals surface area contributed by atoms with Gasteiger partial charge in [0.25, 0.3) is 11.8 Å². The van der Waals surface area contributed by atoms with Crippen LogP contribution in [-0.4, -0.2) is 29.9 Å². The van der Waals surface area contributed by atoms with E-state index in [1.54, 1.807) is 24.3 Å². The normalized spacial score (nSPS) is 14.5. The third-order valence-electron chi connectivity index (χ3n) is 2.31. The molecule has 17 heavy (non-hydrogen) atoms. The van der Waals surface area contributed by atoms with E-state index in [0.717, 1.165) is 4.90 Å². The van der Waals surface area contributed by atoms with Gasteiger partial charge in [-0.15, -0.1) is 0 Å². The molecule has 88 valence electrons. The van der Waals surface area contributed by atoms with Crippen molar-refractivity contribution in [3.05, 3.63) is 41.4 Å². The monoisotopic (exact) mass is 251 g/mol. The lowest BCUT2D eigenvalue weighted by Crippen LogP contribution is -2.33. The van der Waals surface area contributed by atoms with E-state index in [0.29, 0.717) is 10.8 Å². The number of imide groups is 1. The summed E-state index contributed by atoms with van der Waals surface area (Å²) in [6, 6.07) is 7.04. The third-order valence-corrected chi connectivity index (χ3v) is 2.62. The molecule has 0 saturated heterocycles. The number of nitrogens with zero attached hydrogens (tertiary/aromatic N) is 1. The van der Waals surface area contributed by atoms with Crippen molar-refractivity contribution in [2.24, 2.45) is 0 Å². The summed E-state index contributed by atoms with van der Waals surface area (Å²) >= 11 is 5.89. The Morgan fingerprint density at radius 1 is 1.12 bits per heavy atom. The summed E-state index contributed by atoms with van der Waals surface area (Å²) in [4.78, 5) is 23.6. The van der Waals surface area contributed by atoms with E-state index >= 15 is 0 Å². The van der Waals surface area contributed by atoms with Gasteiger partial charge in [0.05, 0.1) is 11.6 Å². The molecule has 0 fully saturated rings. The predicted octanol–water partition coefficient (Wildman–Crippen LogP) is 1.64. The van der Waals surface area contributed by atoms with Crippen molar-refractivity contribution in [2.75, 3.05) is 13.2 Å². The maximum absolute atomic E-state index is 11.2. The van der Waals surface area contributed by atoms with Crippen LogP contribution in [0, 0.1) is 0 Å². The quantitative estimate of drug-likeness (QED) is 0.765. The van der Waals surface area contributed by atoms with Crippen LogP contribution in [0.4, 0.5) is 0 Å². The summed E-state index contributed by atoms with van der Waals surface area (Å²) < 4.78 is 5.39. The number of hydrogen-bond donors (Lipinski definition) is 0. The minimum absolute atomic E-state index is 0.218. The second-order valence-electron chi connectivity index (χ2n) is 3.44. The molecule has 0 aromatic heterocycles. The molecule has 0 saturated carbocycles. The lowest BCUT2D eigenvalue weighted by atomic mass is 10.3. The Hall–Kier alpha value is -1.81. The lowest BCUT2D eigenvalue weighted by molar-refractivity contribution is -0.137. The Labute approximate surface area is 103 Å². The number of ether oxygens (including phenoxy) is 1. The Morgan fingerprint density at radius 3 is 2.41 bits per heavy atom. The van der Waals surface area contributed by atoms with Crippen molar-refractivity contribution < 1.29 is 14.3 Å². The fourth-order valence-corrected chi connectivity index (χ4v) is 1.65. The molecule has 2 amide bonds. The Balaban J connectivity index is 1.86. The van der Waals surface area contributed by atoms with Crippen LogP contribution in [0.2, 0.25) is 5.02 Å². The van der Waals surface area contributed by atoms with Crippen LogP contribution in [0.3, 0.4) is 0 Å². The summed E-state index contributed by atoms with van der Waals surface area (Å²) in [5.74, 6) is -0.0725. The first-order valence-corrected chi connectivity index (χ1v) is 5.47. The number of benzene rings is 1. The van der Waals surface area contributed by atoms with Crippen molar-refractivity contribution in [1.29, 1.82) is 0 Å². The lowest BCUT2D eigenvalue weighted by Gasteiger charge is -2.14. The minimum Gasteiger partial charge on any atom is -0.490 e. The van der Waals surface area contributed by atoms with Gasteiger partial charge >= 0.3 is 0 Å². The maximum atomic E-state index is 11.2. The Kier molecular flexibility index (Phi) is 3.44. The first-order valence-electron chi connectivity index (χ1n) is 5.09. The van der Waals surface area contributed by atoms with Crippen LogP contribution in [0.5, 0.6) is 5.75 Å². The second-order valence-corrected chi connectivity index (χ2v) is 3.85. The van der Waals surface area contributed by atoms with E-state index in [1.807, 2.05) is 0 Å². The molecule has 0 atom stereocenters. The molecule has 0 aliphatic carbocycles. The first-order chi connectivity index (χ1) is 8.18. The molecule has 1 heterocycles. The highest BCUT2D eigenvalue weighted by Gasteiger charge is 2.22. The van der Waals surface area contributed by atoms with Crippen molar-refractivity contribution in [3.63, 3.8) is 0 Å². The van der Waals surface area contributed by atoms with E-state index in [1.165, 1.54) is 12.2 Å². The maximum Gasteiger partial charge on any atom is 0.253 e. The molecule has 1 aliphatic heterocycles. The van der Waals surface area contributed by atoms with Gasteiger partial charge < -0.3 is 4.74 Å². The van der Waals surface area contributed by atoms with Crippen LogP contribution in [-0.2, 0) is 9.59 Å². The zero-order valence-electron chi connectivity index (χ0n) is 8.93. The SMILES string of the molecule is O=C1C=CC(=O)N1CCOc1ccccc1Cl. The molecule has 2 rings (SSSR count). The van der Waals surface area contributed by atoms with Gasteiger partial charge in [-0.2, -0.15) is 0 Å². The summed E-state index contributed by atoms with van der Waals surface area (Å²) in [5, 5.41) is 0.504. The zero-order chi connectivity index (χ0) is 12.3. The topological polar surface area (TPSA) is 46.6 Å². The fraction of sp³-hybridized carbons (Fsp3) is 0.167. The molecular weight excluding hydrogens is 242 g/mol. The highest BCUT2D eigenvalue weighted by atomic mass is 35.5. The van der Waals surface area contributed by atoms with Gasteiger partial charge in [-0.25, -0.2) is 0 Å². The summed E-state index contributed by atoms with van der Waals surface area (Å²) in [6.45, 7) is 0.443. The highest BCUT2D eigenvalue weighted by Crippen LogP contribution is 2.22. The summed E-state index contributed by atoms with van der Waals surface area (Å²) in [7, 11) is 0. The van der Waals surface area contributed by atoms with Gasteiger partial charge in [-0.1, -0.05) is 23.7 Å². The second kappa shape index (κ2) is 5.01. The van der Waals surface area contributed by atoms with Gasteiger partial charge in [-0.05, 0) is 12.1 Å². The molecule has 0 unspecified atom stereocenters. The van der Waals surface area contributed by atoms with Crippen molar-refractivity contribution >= 4 is 23.4 Å². The summed E-state index contributed by atoms with van der Waals surface area (Å²) in [5.41, 5.74) is 0. The molecule has 1 aliphatic rings. The molecule has 5 heteroatoms. The molecule has 0 spiro atoms. The molecule has 0 N–H and O–H groups in total. The minimum atomic E-state index is -0.308. The smallest absolute Gasteiger partial charge is 0.253 e. The molecular formula is C12H10ClNO3. The van der Waals surface area contributed by atoms with Crippen molar-refractivity contribution in [3.8, 4) is 5.75 Å². The molecule has 0 bridgehead atoms. The zero-order valence-corrected chi connectivity index (χ0v) is 9.68. The van der Waals surface area contributed by atoms with E-state index < -0.39 is 0 Å². The van der Waals surface area contributed by atoms with E-state index in [9.17, 15) is 9.59 Å².